The zero-order valence-corrected chi connectivity index (χ0v) is 13.3. The molecule has 1 aliphatic rings. The molecule has 3 aromatic rings. The fourth-order valence-electron chi connectivity index (χ4n) is 3.16. The predicted molar refractivity (Wildman–Crippen MR) is 92.4 cm³/mol. The summed E-state index contributed by atoms with van der Waals surface area (Å²) in [5.74, 6) is 0.611. The maximum atomic E-state index is 12.5. The van der Waals surface area contributed by atoms with Crippen molar-refractivity contribution in [2.45, 2.75) is 25.7 Å². The molecule has 24 heavy (non-hydrogen) atoms. The van der Waals surface area contributed by atoms with Crippen LogP contribution in [0.25, 0.3) is 5.82 Å². The van der Waals surface area contributed by atoms with Gasteiger partial charge in [-0.05, 0) is 55.0 Å². The lowest BCUT2D eigenvalue weighted by molar-refractivity contribution is 0.102. The number of carbonyl (C=O) groups excluding carboxylic acids is 1. The number of amides is 1. The van der Waals surface area contributed by atoms with Gasteiger partial charge < -0.3 is 5.32 Å². The van der Waals surface area contributed by atoms with Crippen molar-refractivity contribution in [1.29, 1.82) is 0 Å². The van der Waals surface area contributed by atoms with E-state index in [9.17, 15) is 4.79 Å². The molecule has 5 nitrogen and oxygen atoms in total. The Balaban J connectivity index is 1.54. The number of carbonyl (C=O) groups is 1. The lowest BCUT2D eigenvalue weighted by Gasteiger charge is -2.19. The van der Waals surface area contributed by atoms with Crippen molar-refractivity contribution in [2.24, 2.45) is 0 Å². The van der Waals surface area contributed by atoms with Crippen LogP contribution in [0.3, 0.4) is 0 Å². The van der Waals surface area contributed by atoms with Gasteiger partial charge in [0.15, 0.2) is 0 Å². The first kappa shape index (κ1) is 14.6. The number of rotatable bonds is 3. The van der Waals surface area contributed by atoms with Crippen molar-refractivity contribution in [3.63, 3.8) is 0 Å². The SMILES string of the molecule is O=C(Nc1cccc2c1CCCC2)c1ccc(-n2ccnc2)nc1. The fraction of sp³-hybridized carbons (Fsp3) is 0.211. The summed E-state index contributed by atoms with van der Waals surface area (Å²) in [7, 11) is 0. The molecule has 4 rings (SSSR count). The second-order valence-corrected chi connectivity index (χ2v) is 5.98. The molecule has 0 spiro atoms. The molecule has 0 aliphatic heterocycles. The van der Waals surface area contributed by atoms with Gasteiger partial charge in [0.1, 0.15) is 12.1 Å². The summed E-state index contributed by atoms with van der Waals surface area (Å²) in [5.41, 5.74) is 4.11. The van der Waals surface area contributed by atoms with Gasteiger partial charge in [0.25, 0.3) is 5.91 Å². The minimum absolute atomic E-state index is 0.126. The quantitative estimate of drug-likeness (QED) is 0.805. The number of anilines is 1. The topological polar surface area (TPSA) is 59.8 Å². The standard InChI is InChI=1S/C19H18N4O/c24-19(15-8-9-18(21-12-15)23-11-10-20-13-23)22-17-7-3-5-14-4-1-2-6-16(14)17/h3,5,7-13H,1-2,4,6H2,(H,22,24). The summed E-state index contributed by atoms with van der Waals surface area (Å²) < 4.78 is 1.80. The second-order valence-electron chi connectivity index (χ2n) is 5.98. The van der Waals surface area contributed by atoms with Crippen LogP contribution in [0.4, 0.5) is 5.69 Å². The zero-order chi connectivity index (χ0) is 16.4. The van der Waals surface area contributed by atoms with Crippen LogP contribution in [-0.4, -0.2) is 20.4 Å². The third-order valence-corrected chi connectivity index (χ3v) is 4.42. The fourth-order valence-corrected chi connectivity index (χ4v) is 3.16. The monoisotopic (exact) mass is 318 g/mol. The number of aryl methyl sites for hydroxylation is 1. The highest BCUT2D eigenvalue weighted by Gasteiger charge is 2.15. The Labute approximate surface area is 140 Å². The van der Waals surface area contributed by atoms with Gasteiger partial charge in [0, 0.05) is 24.3 Å². The Hall–Kier alpha value is -2.95. The minimum atomic E-state index is -0.126. The smallest absolute Gasteiger partial charge is 0.257 e. The molecule has 1 aliphatic carbocycles. The number of nitrogens with one attached hydrogen (secondary N) is 1. The van der Waals surface area contributed by atoms with E-state index in [1.165, 1.54) is 24.0 Å². The number of pyridine rings is 1. The van der Waals surface area contributed by atoms with Crippen molar-refractivity contribution < 1.29 is 4.79 Å². The van der Waals surface area contributed by atoms with Crippen LogP contribution < -0.4 is 5.32 Å². The Morgan fingerprint density at radius 3 is 2.83 bits per heavy atom. The Morgan fingerprint density at radius 1 is 1.12 bits per heavy atom. The molecule has 2 heterocycles. The first-order chi connectivity index (χ1) is 11.8. The first-order valence-corrected chi connectivity index (χ1v) is 8.18. The molecule has 2 aromatic heterocycles. The highest BCUT2D eigenvalue weighted by Crippen LogP contribution is 2.28. The Morgan fingerprint density at radius 2 is 2.04 bits per heavy atom. The summed E-state index contributed by atoms with van der Waals surface area (Å²) >= 11 is 0. The van der Waals surface area contributed by atoms with E-state index in [1.807, 2.05) is 24.4 Å². The van der Waals surface area contributed by atoms with Gasteiger partial charge in [0.2, 0.25) is 0 Å². The van der Waals surface area contributed by atoms with E-state index in [0.717, 1.165) is 24.3 Å². The lowest BCUT2D eigenvalue weighted by atomic mass is 9.90. The summed E-state index contributed by atoms with van der Waals surface area (Å²) in [6.07, 6.45) is 11.3. The van der Waals surface area contributed by atoms with E-state index in [0.29, 0.717) is 5.56 Å². The number of aromatic nitrogens is 3. The molecular formula is C19H18N4O. The molecule has 1 amide bonds. The molecule has 1 N–H and O–H groups in total. The van der Waals surface area contributed by atoms with E-state index in [2.05, 4.69) is 21.4 Å². The van der Waals surface area contributed by atoms with E-state index >= 15 is 0 Å². The van der Waals surface area contributed by atoms with Crippen LogP contribution in [0.2, 0.25) is 0 Å². The number of imidazole rings is 1. The third-order valence-electron chi connectivity index (χ3n) is 4.42. The average Bonchev–Trinajstić information content (AvgIpc) is 3.17. The van der Waals surface area contributed by atoms with E-state index in [1.54, 1.807) is 29.4 Å². The number of nitrogens with zero attached hydrogens (tertiary/aromatic N) is 3. The summed E-state index contributed by atoms with van der Waals surface area (Å²) in [6, 6.07) is 9.76. The van der Waals surface area contributed by atoms with Crippen molar-refractivity contribution >= 4 is 11.6 Å². The van der Waals surface area contributed by atoms with Crippen LogP contribution in [-0.2, 0) is 12.8 Å². The van der Waals surface area contributed by atoms with Crippen molar-refractivity contribution in [3.05, 3.63) is 71.9 Å². The van der Waals surface area contributed by atoms with Gasteiger partial charge in [-0.3, -0.25) is 9.36 Å². The van der Waals surface area contributed by atoms with Gasteiger partial charge >= 0.3 is 0 Å². The molecule has 0 saturated heterocycles. The third kappa shape index (κ3) is 2.80. The number of fused-ring (bicyclic) bond motifs is 1. The van der Waals surface area contributed by atoms with Gasteiger partial charge in [-0.1, -0.05) is 12.1 Å². The normalized spacial score (nSPS) is 13.3. The van der Waals surface area contributed by atoms with E-state index < -0.39 is 0 Å². The molecule has 0 unspecified atom stereocenters. The summed E-state index contributed by atoms with van der Waals surface area (Å²) in [6.45, 7) is 0. The van der Waals surface area contributed by atoms with E-state index in [-0.39, 0.29) is 5.91 Å². The molecule has 0 bridgehead atoms. The number of hydrogen-bond donors (Lipinski definition) is 1. The number of hydrogen-bond acceptors (Lipinski definition) is 3. The molecule has 0 fully saturated rings. The first-order valence-electron chi connectivity index (χ1n) is 8.18. The second kappa shape index (κ2) is 6.28. The minimum Gasteiger partial charge on any atom is -0.322 e. The van der Waals surface area contributed by atoms with Crippen LogP contribution in [0.5, 0.6) is 0 Å². The van der Waals surface area contributed by atoms with Crippen molar-refractivity contribution in [1.82, 2.24) is 14.5 Å². The Kier molecular flexibility index (Phi) is 3.83. The molecule has 120 valence electrons. The highest BCUT2D eigenvalue weighted by molar-refractivity contribution is 6.04. The Bertz CT molecular complexity index is 854. The van der Waals surface area contributed by atoms with Crippen LogP contribution in [0, 0.1) is 0 Å². The molecule has 0 radical (unpaired) electrons. The molecule has 1 aromatic carbocycles. The molecular weight excluding hydrogens is 300 g/mol. The zero-order valence-electron chi connectivity index (χ0n) is 13.3. The average molecular weight is 318 g/mol. The largest absolute Gasteiger partial charge is 0.322 e. The van der Waals surface area contributed by atoms with Crippen LogP contribution >= 0.6 is 0 Å². The lowest BCUT2D eigenvalue weighted by Crippen LogP contribution is -2.15. The van der Waals surface area contributed by atoms with Crippen molar-refractivity contribution in [2.75, 3.05) is 5.32 Å². The van der Waals surface area contributed by atoms with Gasteiger partial charge in [0.05, 0.1) is 5.56 Å². The summed E-state index contributed by atoms with van der Waals surface area (Å²) in [5, 5.41) is 3.04. The predicted octanol–water partition coefficient (Wildman–Crippen LogP) is 3.40. The highest BCUT2D eigenvalue weighted by atomic mass is 16.1. The van der Waals surface area contributed by atoms with Gasteiger partial charge in [-0.25, -0.2) is 9.97 Å². The summed E-state index contributed by atoms with van der Waals surface area (Å²) in [4.78, 5) is 20.9. The van der Waals surface area contributed by atoms with Gasteiger partial charge in [-0.15, -0.1) is 0 Å². The maximum Gasteiger partial charge on any atom is 0.257 e. The van der Waals surface area contributed by atoms with Crippen molar-refractivity contribution in [3.8, 4) is 5.82 Å². The maximum absolute atomic E-state index is 12.5. The van der Waals surface area contributed by atoms with E-state index in [4.69, 9.17) is 0 Å². The molecule has 0 saturated carbocycles. The molecule has 0 atom stereocenters. The van der Waals surface area contributed by atoms with Crippen LogP contribution in [0.1, 0.15) is 34.3 Å². The van der Waals surface area contributed by atoms with Gasteiger partial charge in [-0.2, -0.15) is 0 Å². The number of benzene rings is 1. The van der Waals surface area contributed by atoms with Crippen LogP contribution in [0.15, 0.2) is 55.2 Å². The molecule has 5 heteroatoms.